The molecule has 1 fully saturated rings. The monoisotopic (exact) mass is 406 g/mol. The number of ether oxygens (including phenoxy) is 1. The van der Waals surface area contributed by atoms with Gasteiger partial charge in [0.05, 0.1) is 7.11 Å². The highest BCUT2D eigenvalue weighted by Crippen LogP contribution is 2.35. The van der Waals surface area contributed by atoms with Crippen LogP contribution in [0.25, 0.3) is 11.1 Å². The maximum atomic E-state index is 5.36. The molecule has 0 bridgehead atoms. The highest BCUT2D eigenvalue weighted by Gasteiger charge is 2.26. The summed E-state index contributed by atoms with van der Waals surface area (Å²) in [6.45, 7) is 0. The zero-order valence-electron chi connectivity index (χ0n) is 16.9. The molecule has 1 saturated carbocycles. The topological polar surface area (TPSA) is 60.8 Å². The van der Waals surface area contributed by atoms with Crippen LogP contribution in [0.5, 0.6) is 5.88 Å². The third kappa shape index (κ3) is 4.93. The van der Waals surface area contributed by atoms with Crippen molar-refractivity contribution in [2.75, 3.05) is 13.4 Å². The van der Waals surface area contributed by atoms with Gasteiger partial charge in [-0.15, -0.1) is 11.8 Å². The first-order valence-electron chi connectivity index (χ1n) is 10.0. The molecule has 0 radical (unpaired) electrons. The quantitative estimate of drug-likeness (QED) is 0.522. The molecule has 0 aliphatic heterocycles. The van der Waals surface area contributed by atoms with Gasteiger partial charge in [-0.2, -0.15) is 0 Å². The fraction of sp³-hybridized carbons (Fsp3) is 0.391. The second kappa shape index (κ2) is 9.35. The molecule has 0 unspecified atom stereocenters. The molecule has 150 valence electrons. The summed E-state index contributed by atoms with van der Waals surface area (Å²) in [6.07, 6.45) is 15.3. The normalized spacial score (nSPS) is 18.7. The summed E-state index contributed by atoms with van der Waals surface area (Å²) >= 11 is 1.68. The number of hydrogen-bond donors (Lipinski definition) is 0. The third-order valence-electron chi connectivity index (χ3n) is 5.64. The Kier molecular flexibility index (Phi) is 6.39. The van der Waals surface area contributed by atoms with Crippen LogP contribution in [0.2, 0.25) is 0 Å². The first-order chi connectivity index (χ1) is 14.2. The lowest BCUT2D eigenvalue weighted by atomic mass is 9.97. The second-order valence-electron chi connectivity index (χ2n) is 7.59. The van der Waals surface area contributed by atoms with Gasteiger partial charge in [-0.3, -0.25) is 4.98 Å². The van der Waals surface area contributed by atoms with Gasteiger partial charge in [0.25, 0.3) is 0 Å². The molecule has 29 heavy (non-hydrogen) atoms. The molecule has 0 amide bonds. The van der Waals surface area contributed by atoms with Gasteiger partial charge >= 0.3 is 0 Å². The maximum absolute atomic E-state index is 5.36. The van der Waals surface area contributed by atoms with Crippen LogP contribution in [0.3, 0.4) is 0 Å². The number of hydrogen-bond acceptors (Lipinski definition) is 6. The zero-order chi connectivity index (χ0) is 20.1. The Balaban J connectivity index is 1.34. The van der Waals surface area contributed by atoms with Crippen molar-refractivity contribution >= 4 is 11.8 Å². The molecule has 1 aliphatic carbocycles. The lowest BCUT2D eigenvalue weighted by molar-refractivity contribution is 0.399. The van der Waals surface area contributed by atoms with E-state index >= 15 is 0 Å². The molecule has 0 saturated heterocycles. The van der Waals surface area contributed by atoms with Gasteiger partial charge in [0, 0.05) is 52.9 Å². The maximum Gasteiger partial charge on any atom is 0.221 e. The van der Waals surface area contributed by atoms with Crippen LogP contribution < -0.4 is 4.74 Å². The number of rotatable bonds is 7. The summed E-state index contributed by atoms with van der Waals surface area (Å²) in [4.78, 5) is 19.1. The first-order valence-corrected chi connectivity index (χ1v) is 11.3. The molecular formula is C23H26N4OS. The van der Waals surface area contributed by atoms with Crippen LogP contribution in [0.15, 0.2) is 53.9 Å². The minimum atomic E-state index is 0.633. The lowest BCUT2D eigenvalue weighted by Crippen LogP contribution is -2.06. The third-order valence-corrected chi connectivity index (χ3v) is 6.32. The van der Waals surface area contributed by atoms with E-state index < -0.39 is 0 Å². The minimum absolute atomic E-state index is 0.633. The Morgan fingerprint density at radius 3 is 2.45 bits per heavy atom. The summed E-state index contributed by atoms with van der Waals surface area (Å²) in [5.41, 5.74) is 3.17. The average Bonchev–Trinajstić information content (AvgIpc) is 3.21. The van der Waals surface area contributed by atoms with Gasteiger partial charge in [0.1, 0.15) is 5.82 Å². The summed E-state index contributed by atoms with van der Waals surface area (Å²) in [7, 11) is 1.65. The van der Waals surface area contributed by atoms with Crippen LogP contribution in [-0.2, 0) is 12.8 Å². The molecule has 0 aromatic carbocycles. The summed E-state index contributed by atoms with van der Waals surface area (Å²) in [5.74, 6) is 2.98. The van der Waals surface area contributed by atoms with Gasteiger partial charge in [-0.25, -0.2) is 15.0 Å². The predicted molar refractivity (Wildman–Crippen MR) is 116 cm³/mol. The molecule has 3 aromatic heterocycles. The summed E-state index contributed by atoms with van der Waals surface area (Å²) in [5, 5.41) is 0. The van der Waals surface area contributed by atoms with Crippen LogP contribution in [-0.4, -0.2) is 33.3 Å². The van der Waals surface area contributed by atoms with E-state index in [1.165, 1.54) is 19.3 Å². The molecule has 0 spiro atoms. The highest BCUT2D eigenvalue weighted by molar-refractivity contribution is 7.98. The second-order valence-corrected chi connectivity index (χ2v) is 8.47. The standard InChI is InChI=1S/C23H26N4OS/c1-28-23-21(4-3-9-24-23)18-7-8-19(25-13-18)11-16-5-6-17(10-16)12-22-26-14-20(29-2)15-27-22/h3-4,7-9,13-17H,5-6,10-12H2,1-2H3/t16-,17-/m0/s1. The van der Waals surface area contributed by atoms with E-state index in [0.29, 0.717) is 17.7 Å². The Morgan fingerprint density at radius 2 is 1.76 bits per heavy atom. The molecule has 5 nitrogen and oxygen atoms in total. The molecule has 4 rings (SSSR count). The molecule has 6 heteroatoms. The van der Waals surface area contributed by atoms with E-state index in [4.69, 9.17) is 9.72 Å². The van der Waals surface area contributed by atoms with Crippen LogP contribution >= 0.6 is 11.8 Å². The molecular weight excluding hydrogens is 380 g/mol. The van der Waals surface area contributed by atoms with Crippen LogP contribution in [0.1, 0.15) is 30.8 Å². The van der Waals surface area contributed by atoms with E-state index in [2.05, 4.69) is 27.1 Å². The average molecular weight is 407 g/mol. The first kappa shape index (κ1) is 19.8. The van der Waals surface area contributed by atoms with Gasteiger partial charge in [-0.1, -0.05) is 6.07 Å². The van der Waals surface area contributed by atoms with E-state index in [9.17, 15) is 0 Å². The smallest absolute Gasteiger partial charge is 0.221 e. The van der Waals surface area contributed by atoms with E-state index in [-0.39, 0.29) is 0 Å². The zero-order valence-corrected chi connectivity index (χ0v) is 17.7. The number of thioether (sulfide) groups is 1. The molecule has 3 heterocycles. The minimum Gasteiger partial charge on any atom is -0.481 e. The fourth-order valence-corrected chi connectivity index (χ4v) is 4.45. The van der Waals surface area contributed by atoms with Crippen molar-refractivity contribution in [2.24, 2.45) is 11.8 Å². The van der Waals surface area contributed by atoms with Crippen molar-refractivity contribution in [1.29, 1.82) is 0 Å². The number of pyridine rings is 2. The molecule has 3 aromatic rings. The van der Waals surface area contributed by atoms with Gasteiger partial charge < -0.3 is 4.74 Å². The summed E-state index contributed by atoms with van der Waals surface area (Å²) in [6, 6.07) is 8.19. The number of methoxy groups -OCH3 is 1. The van der Waals surface area contributed by atoms with Crippen LogP contribution in [0.4, 0.5) is 0 Å². The van der Waals surface area contributed by atoms with Gasteiger partial charge in [-0.05, 0) is 62.0 Å². The molecule has 2 atom stereocenters. The van der Waals surface area contributed by atoms with Crippen molar-refractivity contribution < 1.29 is 4.74 Å². The molecule has 0 N–H and O–H groups in total. The number of aromatic nitrogens is 4. The van der Waals surface area contributed by atoms with E-state index in [0.717, 1.165) is 40.4 Å². The van der Waals surface area contributed by atoms with Gasteiger partial charge in [0.15, 0.2) is 0 Å². The van der Waals surface area contributed by atoms with Crippen LogP contribution in [0, 0.1) is 11.8 Å². The fourth-order valence-electron chi connectivity index (χ4n) is 4.13. The van der Waals surface area contributed by atoms with Gasteiger partial charge in [0.2, 0.25) is 5.88 Å². The van der Waals surface area contributed by atoms with Crippen molar-refractivity contribution in [1.82, 2.24) is 19.9 Å². The Morgan fingerprint density at radius 1 is 0.966 bits per heavy atom. The summed E-state index contributed by atoms with van der Waals surface area (Å²) < 4.78 is 5.36. The SMILES string of the molecule is COc1ncccc1-c1ccc(C[C@H]2CC[C@H](Cc3ncc(SC)cn3)C2)nc1. The molecule has 1 aliphatic rings. The van der Waals surface area contributed by atoms with Crippen molar-refractivity contribution in [3.05, 3.63) is 60.6 Å². The van der Waals surface area contributed by atoms with Crippen molar-refractivity contribution in [3.63, 3.8) is 0 Å². The predicted octanol–water partition coefficient (Wildman–Crippen LogP) is 4.87. The van der Waals surface area contributed by atoms with Crippen molar-refractivity contribution in [3.8, 4) is 17.0 Å². The van der Waals surface area contributed by atoms with E-state index in [1.807, 2.05) is 37.0 Å². The highest BCUT2D eigenvalue weighted by atomic mass is 32.2. The van der Waals surface area contributed by atoms with E-state index in [1.54, 1.807) is 25.1 Å². The number of nitrogens with zero attached hydrogens (tertiary/aromatic N) is 4. The Labute approximate surface area is 176 Å². The van der Waals surface area contributed by atoms with Crippen molar-refractivity contribution in [2.45, 2.75) is 37.0 Å². The Bertz CT molecular complexity index is 930. The Hall–Kier alpha value is -2.47. The largest absolute Gasteiger partial charge is 0.481 e. The lowest BCUT2D eigenvalue weighted by Gasteiger charge is -2.12.